The smallest absolute Gasteiger partial charge is 0.250 e. The lowest BCUT2D eigenvalue weighted by molar-refractivity contribution is 0.183. The van der Waals surface area contributed by atoms with Crippen LogP contribution in [0.5, 0.6) is 0 Å². The van der Waals surface area contributed by atoms with E-state index >= 15 is 0 Å². The van der Waals surface area contributed by atoms with Gasteiger partial charge < -0.3 is 14.8 Å². The van der Waals surface area contributed by atoms with Crippen molar-refractivity contribution >= 4 is 5.69 Å². The Morgan fingerprint density at radius 2 is 1.95 bits per heavy atom. The van der Waals surface area contributed by atoms with E-state index in [1.54, 1.807) is 10.6 Å². The van der Waals surface area contributed by atoms with Gasteiger partial charge in [0.2, 0.25) is 0 Å². The van der Waals surface area contributed by atoms with Crippen molar-refractivity contribution in [3.05, 3.63) is 28.7 Å². The second-order valence-electron chi connectivity index (χ2n) is 5.75. The van der Waals surface area contributed by atoms with Crippen molar-refractivity contribution in [2.45, 2.75) is 46.2 Å². The lowest BCUT2D eigenvalue weighted by Gasteiger charge is -2.34. The third-order valence-electron chi connectivity index (χ3n) is 4.51. The molecule has 1 aliphatic rings. The van der Waals surface area contributed by atoms with Gasteiger partial charge in [-0.3, -0.25) is 4.79 Å². The summed E-state index contributed by atoms with van der Waals surface area (Å²) in [4.78, 5) is 14.1. The summed E-state index contributed by atoms with van der Waals surface area (Å²) < 4.78 is 1.74. The quantitative estimate of drug-likeness (QED) is 0.898. The van der Waals surface area contributed by atoms with Crippen LogP contribution in [0.25, 0.3) is 0 Å². The van der Waals surface area contributed by atoms with Crippen LogP contribution in [0.3, 0.4) is 0 Å². The molecule has 2 heterocycles. The number of hydrogen-bond donors (Lipinski definition) is 1. The maximum Gasteiger partial charge on any atom is 0.250 e. The predicted molar refractivity (Wildman–Crippen MR) is 84.3 cm³/mol. The van der Waals surface area contributed by atoms with E-state index in [1.807, 2.05) is 19.2 Å². The zero-order chi connectivity index (χ0) is 14.5. The van der Waals surface area contributed by atoms with Crippen LogP contribution in [-0.2, 0) is 6.54 Å². The zero-order valence-corrected chi connectivity index (χ0v) is 12.9. The normalized spacial score (nSPS) is 18.9. The second kappa shape index (κ2) is 6.93. The summed E-state index contributed by atoms with van der Waals surface area (Å²) in [6.45, 7) is 10.8. The molecule has 0 saturated carbocycles. The summed E-state index contributed by atoms with van der Waals surface area (Å²) in [7, 11) is 0. The number of anilines is 1. The summed E-state index contributed by atoms with van der Waals surface area (Å²) in [5, 5.41) is 3.57. The highest BCUT2D eigenvalue weighted by atomic mass is 16.1. The second-order valence-corrected chi connectivity index (χ2v) is 5.75. The van der Waals surface area contributed by atoms with E-state index in [2.05, 4.69) is 24.1 Å². The Hall–Kier alpha value is -1.29. The Kier molecular flexibility index (Phi) is 5.24. The van der Waals surface area contributed by atoms with E-state index < -0.39 is 0 Å². The molecule has 20 heavy (non-hydrogen) atoms. The van der Waals surface area contributed by atoms with Gasteiger partial charge in [0.25, 0.3) is 5.56 Å². The van der Waals surface area contributed by atoms with Crippen molar-refractivity contribution in [2.75, 3.05) is 25.0 Å². The van der Waals surface area contributed by atoms with E-state index in [1.165, 1.54) is 25.9 Å². The largest absolute Gasteiger partial charge is 0.381 e. The first-order valence-electron chi connectivity index (χ1n) is 7.83. The van der Waals surface area contributed by atoms with Crippen LogP contribution < -0.4 is 10.9 Å². The van der Waals surface area contributed by atoms with Gasteiger partial charge in [0.05, 0.1) is 5.69 Å². The molecule has 0 spiro atoms. The molecule has 1 aromatic rings. The van der Waals surface area contributed by atoms with Crippen LogP contribution in [0.15, 0.2) is 23.1 Å². The van der Waals surface area contributed by atoms with Crippen LogP contribution in [0.2, 0.25) is 0 Å². The monoisotopic (exact) mass is 277 g/mol. The van der Waals surface area contributed by atoms with Crippen LogP contribution in [0.1, 0.15) is 33.6 Å². The first-order valence-corrected chi connectivity index (χ1v) is 7.83. The van der Waals surface area contributed by atoms with Gasteiger partial charge >= 0.3 is 0 Å². The number of piperidine rings is 1. The topological polar surface area (TPSA) is 37.3 Å². The summed E-state index contributed by atoms with van der Waals surface area (Å²) in [6, 6.07) is 4.00. The van der Waals surface area contributed by atoms with Gasteiger partial charge in [0, 0.05) is 24.8 Å². The van der Waals surface area contributed by atoms with Crippen LogP contribution in [-0.4, -0.2) is 35.1 Å². The van der Waals surface area contributed by atoms with E-state index in [-0.39, 0.29) is 5.56 Å². The van der Waals surface area contributed by atoms with Crippen molar-refractivity contribution in [1.29, 1.82) is 0 Å². The van der Waals surface area contributed by atoms with Crippen molar-refractivity contribution < 1.29 is 0 Å². The summed E-state index contributed by atoms with van der Waals surface area (Å²) in [5.41, 5.74) is 1.12. The van der Waals surface area contributed by atoms with Gasteiger partial charge in [0.15, 0.2) is 0 Å². The Morgan fingerprint density at radius 1 is 1.25 bits per heavy atom. The number of aromatic nitrogens is 1. The molecule has 0 bridgehead atoms. The molecule has 1 saturated heterocycles. The highest BCUT2D eigenvalue weighted by Crippen LogP contribution is 2.22. The molecule has 0 aliphatic carbocycles. The van der Waals surface area contributed by atoms with Crippen molar-refractivity contribution in [1.82, 2.24) is 9.47 Å². The molecule has 0 radical (unpaired) electrons. The van der Waals surface area contributed by atoms with Gasteiger partial charge in [0.1, 0.15) is 0 Å². The number of aryl methyl sites for hydroxylation is 1. The van der Waals surface area contributed by atoms with E-state index in [0.29, 0.717) is 6.04 Å². The molecule has 4 nitrogen and oxygen atoms in total. The predicted octanol–water partition coefficient (Wildman–Crippen LogP) is 2.40. The molecule has 2 rings (SSSR count). The van der Waals surface area contributed by atoms with Gasteiger partial charge in [-0.05, 0) is 58.3 Å². The van der Waals surface area contributed by atoms with Gasteiger partial charge in [-0.2, -0.15) is 0 Å². The Bertz CT molecular complexity index is 475. The number of nitrogens with zero attached hydrogens (tertiary/aromatic N) is 2. The summed E-state index contributed by atoms with van der Waals surface area (Å²) >= 11 is 0. The third kappa shape index (κ3) is 3.63. The molecule has 0 aromatic carbocycles. The maximum absolute atomic E-state index is 11.6. The highest BCUT2D eigenvalue weighted by molar-refractivity contribution is 5.41. The minimum absolute atomic E-state index is 0.0713. The van der Waals surface area contributed by atoms with Crippen LogP contribution in [0.4, 0.5) is 5.69 Å². The fraction of sp³-hybridized carbons (Fsp3) is 0.688. The fourth-order valence-electron chi connectivity index (χ4n) is 3.01. The molecular formula is C16H27N3O. The lowest BCUT2D eigenvalue weighted by Crippen LogP contribution is -2.39. The minimum Gasteiger partial charge on any atom is -0.381 e. The standard InChI is InChI=1S/C16H27N3O/c1-4-18-10-8-14(9-11-18)13(3)17-15-6-7-16(20)19(5-2)12-15/h6-7,12-14,17H,4-5,8-11H2,1-3H3. The summed E-state index contributed by atoms with van der Waals surface area (Å²) in [6.07, 6.45) is 4.45. The maximum atomic E-state index is 11.6. The van der Waals surface area contributed by atoms with E-state index in [4.69, 9.17) is 0 Å². The van der Waals surface area contributed by atoms with Crippen molar-refractivity contribution in [3.63, 3.8) is 0 Å². The molecule has 4 heteroatoms. The van der Waals surface area contributed by atoms with E-state index in [9.17, 15) is 4.79 Å². The van der Waals surface area contributed by atoms with Gasteiger partial charge in [-0.1, -0.05) is 6.92 Å². The molecule has 1 atom stereocenters. The lowest BCUT2D eigenvalue weighted by atomic mass is 9.90. The Labute approximate surface area is 121 Å². The number of pyridine rings is 1. The molecule has 1 aromatic heterocycles. The Balaban J connectivity index is 1.94. The number of rotatable bonds is 5. The number of nitrogens with one attached hydrogen (secondary N) is 1. The molecular weight excluding hydrogens is 250 g/mol. The Morgan fingerprint density at radius 3 is 2.55 bits per heavy atom. The first-order chi connectivity index (χ1) is 9.63. The van der Waals surface area contributed by atoms with Crippen molar-refractivity contribution in [3.8, 4) is 0 Å². The van der Waals surface area contributed by atoms with Gasteiger partial charge in [-0.25, -0.2) is 0 Å². The zero-order valence-electron chi connectivity index (χ0n) is 12.9. The average Bonchev–Trinajstić information content (AvgIpc) is 2.49. The van der Waals surface area contributed by atoms with Crippen LogP contribution >= 0.6 is 0 Å². The SMILES string of the molecule is CCN1CCC(C(C)Nc2ccc(=O)n(CC)c2)CC1. The highest BCUT2D eigenvalue weighted by Gasteiger charge is 2.23. The molecule has 112 valence electrons. The molecule has 0 amide bonds. The number of likely N-dealkylation sites (tertiary alicyclic amines) is 1. The molecule has 1 aliphatic heterocycles. The van der Waals surface area contributed by atoms with E-state index in [0.717, 1.165) is 24.7 Å². The van der Waals surface area contributed by atoms with Crippen molar-refractivity contribution in [2.24, 2.45) is 5.92 Å². The summed E-state index contributed by atoms with van der Waals surface area (Å²) in [5.74, 6) is 0.722. The number of hydrogen-bond acceptors (Lipinski definition) is 3. The average molecular weight is 277 g/mol. The minimum atomic E-state index is 0.0713. The van der Waals surface area contributed by atoms with Gasteiger partial charge in [-0.15, -0.1) is 0 Å². The fourth-order valence-corrected chi connectivity index (χ4v) is 3.01. The molecule has 1 fully saturated rings. The van der Waals surface area contributed by atoms with Crippen LogP contribution in [0, 0.1) is 5.92 Å². The first kappa shape index (κ1) is 15.1. The molecule has 1 unspecified atom stereocenters. The molecule has 1 N–H and O–H groups in total. The third-order valence-corrected chi connectivity index (χ3v) is 4.51.